The number of nitrogens with zero attached hydrogens (tertiary/aromatic N) is 3. The molecule has 2 heterocycles. The molecule has 27 heavy (non-hydrogen) atoms. The van der Waals surface area contributed by atoms with E-state index in [4.69, 9.17) is 14.4 Å². The Kier molecular flexibility index (Phi) is 7.18. The Labute approximate surface area is 164 Å². The molecule has 3 rings (SSSR count). The summed E-state index contributed by atoms with van der Waals surface area (Å²) in [5.74, 6) is 0.825. The smallest absolute Gasteiger partial charge is 0.260 e. The van der Waals surface area contributed by atoms with E-state index in [1.807, 2.05) is 14.0 Å². The number of nitrogens with one attached hydrogen (secondary N) is 1. The summed E-state index contributed by atoms with van der Waals surface area (Å²) in [6.45, 7) is 4.60. The Bertz CT molecular complexity index is 867. The summed E-state index contributed by atoms with van der Waals surface area (Å²) in [5, 5.41) is 12.4. The zero-order valence-corrected chi connectivity index (χ0v) is 16.8. The lowest BCUT2D eigenvalue weighted by atomic mass is 10.1. The SMILES string of the molecule is CNC(C)Cc1noc(-c2cc(S(N)(=O)=O)ccc2N2CCOCC2)n1.Cl. The van der Waals surface area contributed by atoms with E-state index in [1.165, 1.54) is 12.1 Å². The van der Waals surface area contributed by atoms with Crippen molar-refractivity contribution >= 4 is 28.1 Å². The van der Waals surface area contributed by atoms with Gasteiger partial charge < -0.3 is 19.5 Å². The van der Waals surface area contributed by atoms with Crippen LogP contribution in [0.15, 0.2) is 27.6 Å². The molecule has 3 N–H and O–H groups in total. The average Bonchev–Trinajstić information content (AvgIpc) is 3.09. The van der Waals surface area contributed by atoms with E-state index in [2.05, 4.69) is 20.4 Å². The summed E-state index contributed by atoms with van der Waals surface area (Å²) in [7, 11) is -1.98. The van der Waals surface area contributed by atoms with Gasteiger partial charge in [0.2, 0.25) is 10.0 Å². The second-order valence-corrected chi connectivity index (χ2v) is 7.79. The average molecular weight is 418 g/mol. The zero-order valence-electron chi connectivity index (χ0n) is 15.2. The number of morpholine rings is 1. The number of halogens is 1. The van der Waals surface area contributed by atoms with Gasteiger partial charge in [-0.1, -0.05) is 5.16 Å². The molecule has 1 fully saturated rings. The van der Waals surface area contributed by atoms with Crippen molar-refractivity contribution in [2.45, 2.75) is 24.3 Å². The second-order valence-electron chi connectivity index (χ2n) is 6.23. The minimum atomic E-state index is -3.84. The van der Waals surface area contributed by atoms with Gasteiger partial charge in [0.1, 0.15) is 0 Å². The Balaban J connectivity index is 0.00000261. The topological polar surface area (TPSA) is 124 Å². The molecule has 2 aromatic rings. The molecule has 1 aliphatic heterocycles. The second kappa shape index (κ2) is 8.98. The summed E-state index contributed by atoms with van der Waals surface area (Å²) >= 11 is 0. The molecule has 0 saturated carbocycles. The summed E-state index contributed by atoms with van der Waals surface area (Å²) < 4.78 is 34.3. The highest BCUT2D eigenvalue weighted by molar-refractivity contribution is 7.89. The number of ether oxygens (including phenoxy) is 1. The fourth-order valence-electron chi connectivity index (χ4n) is 2.77. The minimum absolute atomic E-state index is 0. The van der Waals surface area contributed by atoms with Crippen molar-refractivity contribution in [1.82, 2.24) is 15.5 Å². The lowest BCUT2D eigenvalue weighted by molar-refractivity contribution is 0.122. The molecule has 1 aliphatic rings. The molecule has 11 heteroatoms. The third kappa shape index (κ3) is 5.17. The Morgan fingerprint density at radius 3 is 2.67 bits per heavy atom. The van der Waals surface area contributed by atoms with Crippen LogP contribution in [0.2, 0.25) is 0 Å². The molecule has 0 spiro atoms. The first-order valence-corrected chi connectivity index (χ1v) is 9.93. The monoisotopic (exact) mass is 417 g/mol. The maximum atomic E-state index is 11.8. The van der Waals surface area contributed by atoms with Gasteiger partial charge in [0.25, 0.3) is 5.89 Å². The summed E-state index contributed by atoms with van der Waals surface area (Å²) in [4.78, 5) is 6.55. The minimum Gasteiger partial charge on any atom is -0.378 e. The molecule has 9 nitrogen and oxygen atoms in total. The molecular weight excluding hydrogens is 394 g/mol. The third-order valence-electron chi connectivity index (χ3n) is 4.33. The maximum absolute atomic E-state index is 11.8. The summed E-state index contributed by atoms with van der Waals surface area (Å²) in [6, 6.07) is 4.89. The number of anilines is 1. The third-order valence-corrected chi connectivity index (χ3v) is 5.24. The van der Waals surface area contributed by atoms with E-state index < -0.39 is 10.0 Å². The van der Waals surface area contributed by atoms with E-state index in [-0.39, 0.29) is 29.2 Å². The van der Waals surface area contributed by atoms with Gasteiger partial charge in [-0.3, -0.25) is 0 Å². The van der Waals surface area contributed by atoms with Gasteiger partial charge in [-0.25, -0.2) is 13.6 Å². The van der Waals surface area contributed by atoms with E-state index in [0.29, 0.717) is 44.1 Å². The van der Waals surface area contributed by atoms with Crippen molar-refractivity contribution in [2.24, 2.45) is 5.14 Å². The van der Waals surface area contributed by atoms with Crippen LogP contribution in [0.25, 0.3) is 11.5 Å². The highest BCUT2D eigenvalue weighted by Gasteiger charge is 2.22. The quantitative estimate of drug-likeness (QED) is 0.707. The standard InChI is InChI=1S/C16H23N5O4S.ClH/c1-11(18-2)9-15-19-16(25-20-15)13-10-12(26(17,22)23)3-4-14(13)21-5-7-24-8-6-21;/h3-4,10-11,18H,5-9H2,1-2H3,(H2,17,22,23);1H. The number of aromatic nitrogens is 2. The van der Waals surface area contributed by atoms with Crippen LogP contribution in [-0.2, 0) is 21.2 Å². The molecule has 1 saturated heterocycles. The number of hydrogen-bond donors (Lipinski definition) is 2. The van der Waals surface area contributed by atoms with Crippen LogP contribution in [0.5, 0.6) is 0 Å². The van der Waals surface area contributed by atoms with Gasteiger partial charge >= 0.3 is 0 Å². The van der Waals surface area contributed by atoms with E-state index in [0.717, 1.165) is 5.69 Å². The predicted molar refractivity (Wildman–Crippen MR) is 104 cm³/mol. The van der Waals surface area contributed by atoms with Gasteiger partial charge in [-0.05, 0) is 32.2 Å². The molecule has 150 valence electrons. The Hall–Kier alpha value is -1.72. The fraction of sp³-hybridized carbons (Fsp3) is 0.500. The van der Waals surface area contributed by atoms with Crippen LogP contribution >= 0.6 is 12.4 Å². The Morgan fingerprint density at radius 1 is 1.33 bits per heavy atom. The number of sulfonamides is 1. The summed E-state index contributed by atoms with van der Waals surface area (Å²) in [5.41, 5.74) is 1.37. The van der Waals surface area contributed by atoms with Crippen LogP contribution in [0.3, 0.4) is 0 Å². The van der Waals surface area contributed by atoms with Crippen molar-refractivity contribution in [2.75, 3.05) is 38.3 Å². The molecule has 0 radical (unpaired) electrons. The van der Waals surface area contributed by atoms with Crippen LogP contribution in [0.1, 0.15) is 12.7 Å². The summed E-state index contributed by atoms with van der Waals surface area (Å²) in [6.07, 6.45) is 0.599. The van der Waals surface area contributed by atoms with Crippen molar-refractivity contribution < 1.29 is 17.7 Å². The van der Waals surface area contributed by atoms with E-state index in [1.54, 1.807) is 6.07 Å². The van der Waals surface area contributed by atoms with E-state index in [9.17, 15) is 8.42 Å². The highest BCUT2D eigenvalue weighted by atomic mass is 35.5. The normalized spacial score (nSPS) is 16.0. The number of primary sulfonamides is 1. The lowest BCUT2D eigenvalue weighted by Crippen LogP contribution is -2.36. The van der Waals surface area contributed by atoms with Crippen molar-refractivity contribution in [3.8, 4) is 11.5 Å². The molecule has 1 unspecified atom stereocenters. The molecule has 0 aliphatic carbocycles. The molecule has 0 bridgehead atoms. The van der Waals surface area contributed by atoms with Gasteiger partial charge in [-0.2, -0.15) is 4.98 Å². The van der Waals surface area contributed by atoms with Gasteiger partial charge in [0, 0.05) is 31.2 Å². The zero-order chi connectivity index (χ0) is 18.7. The van der Waals surface area contributed by atoms with Crippen molar-refractivity contribution in [3.63, 3.8) is 0 Å². The molecule has 1 aromatic carbocycles. The predicted octanol–water partition coefficient (Wildman–Crippen LogP) is 0.793. The number of likely N-dealkylation sites (N-methyl/N-ethyl adjacent to an activating group) is 1. The molecular formula is C16H24ClN5O4S. The number of rotatable bonds is 6. The Morgan fingerprint density at radius 2 is 2.04 bits per heavy atom. The van der Waals surface area contributed by atoms with Gasteiger partial charge in [0.05, 0.1) is 23.7 Å². The fourth-order valence-corrected chi connectivity index (χ4v) is 3.31. The highest BCUT2D eigenvalue weighted by Crippen LogP contribution is 2.32. The number of hydrogen-bond acceptors (Lipinski definition) is 8. The number of benzene rings is 1. The lowest BCUT2D eigenvalue weighted by Gasteiger charge is -2.30. The first-order valence-electron chi connectivity index (χ1n) is 8.38. The van der Waals surface area contributed by atoms with Crippen LogP contribution < -0.4 is 15.4 Å². The van der Waals surface area contributed by atoms with Crippen molar-refractivity contribution in [1.29, 1.82) is 0 Å². The van der Waals surface area contributed by atoms with Crippen LogP contribution in [0, 0.1) is 0 Å². The first-order chi connectivity index (χ1) is 12.4. The maximum Gasteiger partial charge on any atom is 0.260 e. The molecule has 1 atom stereocenters. The van der Waals surface area contributed by atoms with Crippen LogP contribution in [-0.4, -0.2) is 58.0 Å². The molecule has 1 aromatic heterocycles. The van der Waals surface area contributed by atoms with E-state index >= 15 is 0 Å². The largest absolute Gasteiger partial charge is 0.378 e. The van der Waals surface area contributed by atoms with Gasteiger partial charge in [-0.15, -0.1) is 12.4 Å². The molecule has 0 amide bonds. The first kappa shape index (κ1) is 21.6. The van der Waals surface area contributed by atoms with Crippen molar-refractivity contribution in [3.05, 3.63) is 24.0 Å². The van der Waals surface area contributed by atoms with Crippen LogP contribution in [0.4, 0.5) is 5.69 Å². The number of nitrogens with two attached hydrogens (primary N) is 1. The van der Waals surface area contributed by atoms with Gasteiger partial charge in [0.15, 0.2) is 5.82 Å².